The molecule has 9 heteroatoms. The molecule has 1 unspecified atom stereocenters. The van der Waals surface area contributed by atoms with Crippen molar-refractivity contribution >= 4 is 46.6 Å². The predicted molar refractivity (Wildman–Crippen MR) is 144 cm³/mol. The van der Waals surface area contributed by atoms with Crippen LogP contribution in [0.25, 0.3) is 0 Å². The summed E-state index contributed by atoms with van der Waals surface area (Å²) in [5.41, 5.74) is 0.261. The average molecular weight is 564 g/mol. The molecule has 37 heavy (non-hydrogen) atoms. The summed E-state index contributed by atoms with van der Waals surface area (Å²) in [7, 11) is 0. The molecule has 192 valence electrons. The Labute approximate surface area is 227 Å². The van der Waals surface area contributed by atoms with Gasteiger partial charge in [0, 0.05) is 20.5 Å². The molecule has 0 bridgehead atoms. The topological polar surface area (TPSA) is 38.3 Å². The van der Waals surface area contributed by atoms with E-state index in [1.165, 1.54) is 11.8 Å². The molecule has 0 fully saturated rings. The van der Waals surface area contributed by atoms with E-state index in [1.807, 2.05) is 36.4 Å². The number of anilines is 1. The highest BCUT2D eigenvalue weighted by atomic mass is 35.5. The van der Waals surface area contributed by atoms with Gasteiger partial charge in [-0.2, -0.15) is 0 Å². The van der Waals surface area contributed by atoms with Crippen molar-refractivity contribution in [1.82, 2.24) is 0 Å². The molecule has 0 heterocycles. The van der Waals surface area contributed by atoms with Crippen molar-refractivity contribution in [2.45, 2.75) is 23.7 Å². The number of nitrogens with one attached hydrogen (secondary N) is 1. The van der Waals surface area contributed by atoms with Gasteiger partial charge in [-0.15, -0.1) is 11.8 Å². The maximum Gasteiger partial charge on any atom is 0.237 e. The van der Waals surface area contributed by atoms with Crippen LogP contribution in [-0.2, 0) is 11.4 Å². The Balaban J connectivity index is 0.000000555. The molecule has 0 saturated carbocycles. The molecular formula is C28H22Cl2F3NO2S. The van der Waals surface area contributed by atoms with Crippen LogP contribution in [0.5, 0.6) is 5.75 Å². The van der Waals surface area contributed by atoms with Gasteiger partial charge in [-0.3, -0.25) is 4.79 Å². The van der Waals surface area contributed by atoms with Crippen LogP contribution in [0.2, 0.25) is 10.0 Å². The lowest BCUT2D eigenvalue weighted by Crippen LogP contribution is -2.23. The molecule has 4 aromatic rings. The maximum absolute atomic E-state index is 13.7. The van der Waals surface area contributed by atoms with E-state index in [0.29, 0.717) is 21.4 Å². The number of carbonyl (C=O) groups excluding carboxylic acids is 1. The minimum absolute atomic E-state index is 0.198. The second kappa shape index (κ2) is 14.0. The van der Waals surface area contributed by atoms with Gasteiger partial charge in [0.2, 0.25) is 5.91 Å². The van der Waals surface area contributed by atoms with Crippen molar-refractivity contribution in [1.29, 1.82) is 0 Å². The van der Waals surface area contributed by atoms with Gasteiger partial charge in [-0.25, -0.2) is 13.2 Å². The second-order valence-corrected chi connectivity index (χ2v) is 9.82. The minimum Gasteiger partial charge on any atom is -0.489 e. The SMILES string of the molecule is CC(Sc1ccc(OCc2c(Cl)cccc2Cl)cc1)C(=O)Nc1ccc(F)c(F)c1F.c1ccccc1. The highest BCUT2D eigenvalue weighted by molar-refractivity contribution is 8.00. The van der Waals surface area contributed by atoms with Gasteiger partial charge >= 0.3 is 0 Å². The number of rotatable bonds is 7. The first-order valence-corrected chi connectivity index (χ1v) is 12.7. The normalized spacial score (nSPS) is 11.2. The monoisotopic (exact) mass is 563 g/mol. The van der Waals surface area contributed by atoms with Crippen LogP contribution >= 0.6 is 35.0 Å². The summed E-state index contributed by atoms with van der Waals surface area (Å²) in [6.45, 7) is 1.81. The van der Waals surface area contributed by atoms with Crippen LogP contribution in [0.4, 0.5) is 18.9 Å². The van der Waals surface area contributed by atoms with Crippen molar-refractivity contribution < 1.29 is 22.7 Å². The van der Waals surface area contributed by atoms with Crippen molar-refractivity contribution in [3.8, 4) is 5.75 Å². The highest BCUT2D eigenvalue weighted by Gasteiger charge is 2.19. The number of amides is 1. The van der Waals surface area contributed by atoms with Crippen LogP contribution in [0.15, 0.2) is 95.9 Å². The molecule has 0 saturated heterocycles. The quantitative estimate of drug-likeness (QED) is 0.180. The molecular weight excluding hydrogens is 542 g/mol. The fourth-order valence-corrected chi connectivity index (χ4v) is 4.31. The Morgan fingerprint density at radius 3 is 1.97 bits per heavy atom. The Morgan fingerprint density at radius 1 is 0.838 bits per heavy atom. The molecule has 0 aliphatic heterocycles. The predicted octanol–water partition coefficient (Wildman–Crippen LogP) is 8.80. The van der Waals surface area contributed by atoms with Crippen LogP contribution in [0.3, 0.4) is 0 Å². The van der Waals surface area contributed by atoms with Gasteiger partial charge in [0.25, 0.3) is 0 Å². The van der Waals surface area contributed by atoms with Gasteiger partial charge in [-0.05, 0) is 55.5 Å². The van der Waals surface area contributed by atoms with E-state index < -0.39 is 34.3 Å². The Hall–Kier alpha value is -3.13. The lowest BCUT2D eigenvalue weighted by Gasteiger charge is -2.13. The molecule has 3 nitrogen and oxygen atoms in total. The van der Waals surface area contributed by atoms with Gasteiger partial charge in [0.05, 0.1) is 10.9 Å². The molecule has 0 aliphatic carbocycles. The summed E-state index contributed by atoms with van der Waals surface area (Å²) in [6.07, 6.45) is 0. The number of hydrogen-bond donors (Lipinski definition) is 1. The molecule has 4 aromatic carbocycles. The Morgan fingerprint density at radius 2 is 1.41 bits per heavy atom. The minimum atomic E-state index is -1.63. The van der Waals surface area contributed by atoms with E-state index in [0.717, 1.165) is 17.0 Å². The lowest BCUT2D eigenvalue weighted by atomic mass is 10.2. The van der Waals surface area contributed by atoms with E-state index in [9.17, 15) is 18.0 Å². The standard InChI is InChI=1S/C22H16Cl2F3NO2S.C6H6/c1-12(22(29)28-19-10-9-18(25)20(26)21(19)27)31-14-7-5-13(6-8-14)30-11-15-16(23)3-2-4-17(15)24;1-2-4-6-5-3-1/h2-10,12H,11H2,1H3,(H,28,29);1-6H. The van der Waals surface area contributed by atoms with E-state index in [2.05, 4.69) is 5.32 Å². The van der Waals surface area contributed by atoms with E-state index in [4.69, 9.17) is 27.9 Å². The molecule has 1 N–H and O–H groups in total. The van der Waals surface area contributed by atoms with Crippen LogP contribution < -0.4 is 10.1 Å². The van der Waals surface area contributed by atoms with Gasteiger partial charge in [0.15, 0.2) is 17.5 Å². The molecule has 4 rings (SSSR count). The summed E-state index contributed by atoms with van der Waals surface area (Å²) in [4.78, 5) is 13.1. The fraction of sp³-hybridized carbons (Fsp3) is 0.107. The summed E-state index contributed by atoms with van der Waals surface area (Å²) < 4.78 is 45.8. The summed E-state index contributed by atoms with van der Waals surface area (Å²) in [6, 6.07) is 25.9. The Kier molecular flexibility index (Phi) is 10.7. The number of hydrogen-bond acceptors (Lipinski definition) is 3. The molecule has 0 aliphatic rings. The molecule has 1 atom stereocenters. The third kappa shape index (κ3) is 8.45. The summed E-state index contributed by atoms with van der Waals surface area (Å²) >= 11 is 13.5. The van der Waals surface area contributed by atoms with Crippen molar-refractivity contribution in [2.75, 3.05) is 5.32 Å². The van der Waals surface area contributed by atoms with Crippen LogP contribution in [0, 0.1) is 17.5 Å². The maximum atomic E-state index is 13.7. The van der Waals surface area contributed by atoms with E-state index >= 15 is 0 Å². The van der Waals surface area contributed by atoms with Gasteiger partial charge < -0.3 is 10.1 Å². The fourth-order valence-electron chi connectivity index (χ4n) is 2.94. The summed E-state index contributed by atoms with van der Waals surface area (Å²) in [5.74, 6) is -4.36. The summed E-state index contributed by atoms with van der Waals surface area (Å²) in [5, 5.41) is 2.67. The zero-order valence-electron chi connectivity index (χ0n) is 19.6. The number of halogens is 5. The third-order valence-corrected chi connectivity index (χ3v) is 6.73. The molecule has 1 amide bonds. The molecule has 0 spiro atoms. The first kappa shape index (κ1) is 28.4. The first-order chi connectivity index (χ1) is 17.8. The zero-order valence-corrected chi connectivity index (χ0v) is 21.9. The number of benzene rings is 4. The van der Waals surface area contributed by atoms with E-state index in [1.54, 1.807) is 49.4 Å². The second-order valence-electron chi connectivity index (χ2n) is 7.59. The average Bonchev–Trinajstić information content (AvgIpc) is 2.91. The molecule has 0 aromatic heterocycles. The van der Waals surface area contributed by atoms with Crippen LogP contribution in [-0.4, -0.2) is 11.2 Å². The van der Waals surface area contributed by atoms with Crippen molar-refractivity contribution in [3.05, 3.63) is 124 Å². The number of thioether (sulfide) groups is 1. The van der Waals surface area contributed by atoms with Crippen LogP contribution in [0.1, 0.15) is 12.5 Å². The molecule has 0 radical (unpaired) electrons. The van der Waals surface area contributed by atoms with Crippen molar-refractivity contribution in [3.63, 3.8) is 0 Å². The van der Waals surface area contributed by atoms with E-state index in [-0.39, 0.29) is 6.61 Å². The zero-order chi connectivity index (χ0) is 26.8. The lowest BCUT2D eigenvalue weighted by molar-refractivity contribution is -0.115. The smallest absolute Gasteiger partial charge is 0.237 e. The van der Waals surface area contributed by atoms with Gasteiger partial charge in [-0.1, -0.05) is 65.7 Å². The highest BCUT2D eigenvalue weighted by Crippen LogP contribution is 2.29. The Bertz CT molecular complexity index is 1280. The van der Waals surface area contributed by atoms with Crippen molar-refractivity contribution in [2.24, 2.45) is 0 Å². The first-order valence-electron chi connectivity index (χ1n) is 11.0. The third-order valence-electron chi connectivity index (χ3n) is 4.91. The number of carbonyl (C=O) groups is 1. The number of ether oxygens (including phenoxy) is 1. The largest absolute Gasteiger partial charge is 0.489 e. The van der Waals surface area contributed by atoms with Gasteiger partial charge in [0.1, 0.15) is 12.4 Å².